The maximum absolute atomic E-state index is 13.0. The average molecular weight is 569 g/mol. The Hall–Kier alpha value is -3.72. The second-order valence-corrected chi connectivity index (χ2v) is 12.1. The molecule has 0 aliphatic carbocycles. The van der Waals surface area contributed by atoms with Gasteiger partial charge in [-0.1, -0.05) is 52.5 Å². The van der Waals surface area contributed by atoms with E-state index in [9.17, 15) is 18.5 Å². The first-order valence-electron chi connectivity index (χ1n) is 12.6. The lowest BCUT2D eigenvalue weighted by Crippen LogP contribution is -2.46. The van der Waals surface area contributed by atoms with Gasteiger partial charge in [-0.15, -0.1) is 0 Å². The number of carbonyl (C=O) groups excluding carboxylic acids is 1. The molecule has 216 valence electrons. The van der Waals surface area contributed by atoms with Crippen molar-refractivity contribution in [1.82, 2.24) is 19.6 Å². The van der Waals surface area contributed by atoms with Gasteiger partial charge in [-0.25, -0.2) is 14.8 Å². The van der Waals surface area contributed by atoms with Crippen molar-refractivity contribution in [2.75, 3.05) is 6.54 Å². The Morgan fingerprint density at radius 1 is 1.18 bits per heavy atom. The lowest BCUT2D eigenvalue weighted by atomic mass is 9.96. The van der Waals surface area contributed by atoms with Crippen molar-refractivity contribution in [3.05, 3.63) is 71.2 Å². The number of aryl methyl sites for hydroxylation is 1. The van der Waals surface area contributed by atoms with Crippen molar-refractivity contribution >= 4 is 16.1 Å². The van der Waals surface area contributed by atoms with Crippen LogP contribution in [0.5, 0.6) is 5.75 Å². The summed E-state index contributed by atoms with van der Waals surface area (Å²) >= 11 is 0. The molecule has 0 aliphatic heterocycles. The highest BCUT2D eigenvalue weighted by atomic mass is 32.2. The first-order chi connectivity index (χ1) is 18.2. The number of nitriles is 1. The largest absolute Gasteiger partial charge is 0.490 e. The molecule has 0 aliphatic rings. The van der Waals surface area contributed by atoms with Crippen LogP contribution in [-0.2, 0) is 29.1 Å². The predicted molar refractivity (Wildman–Crippen MR) is 157 cm³/mol. The number of rotatable bonds is 10. The highest BCUT2D eigenvalue weighted by Crippen LogP contribution is 2.26. The molecule has 1 amide bonds. The van der Waals surface area contributed by atoms with Crippen molar-refractivity contribution < 1.29 is 17.9 Å². The minimum atomic E-state index is -3.97. The standard InChI is InChI=1S/C28H36N6O4S.CH4/c1-18(2)38-25-12-11-21(14-22(25)15-29)26(35)32-23(16-31-39(30,36)37)13-19-7-9-20(10-8-19)24-17-34(6)27(33-24)28(3,4)5;/h7-12,14,17-18,23,31H,13,16H2,1-6H3,(H,32,35)(H2,30,36,37);1H4/t23-;/m0./s1. The van der Waals surface area contributed by atoms with E-state index in [-0.39, 0.29) is 36.6 Å². The van der Waals surface area contributed by atoms with Gasteiger partial charge in [-0.05, 0) is 44.0 Å². The lowest BCUT2D eigenvalue weighted by molar-refractivity contribution is 0.0937. The van der Waals surface area contributed by atoms with Crippen LogP contribution < -0.4 is 19.9 Å². The van der Waals surface area contributed by atoms with Crippen LogP contribution in [0, 0.1) is 11.3 Å². The summed E-state index contributed by atoms with van der Waals surface area (Å²) in [4.78, 5) is 17.8. The summed E-state index contributed by atoms with van der Waals surface area (Å²) in [5, 5.41) is 17.5. The normalized spacial score (nSPS) is 12.4. The SMILES string of the molecule is C.CC(C)Oc1ccc(C(=O)N[C@H](CNS(N)(=O)=O)Cc2ccc(-c3cn(C)c(C(C)(C)C)n3)cc2)cc1C#N. The van der Waals surface area contributed by atoms with Crippen LogP contribution in [0.3, 0.4) is 0 Å². The fraction of sp³-hybridized carbons (Fsp3) is 0.414. The van der Waals surface area contributed by atoms with Gasteiger partial charge in [0.05, 0.1) is 17.4 Å². The molecule has 3 aromatic rings. The van der Waals surface area contributed by atoms with E-state index in [2.05, 4.69) is 30.8 Å². The third kappa shape index (κ3) is 8.91. The van der Waals surface area contributed by atoms with Gasteiger partial charge in [0, 0.05) is 42.4 Å². The Kier molecular flexibility index (Phi) is 10.6. The maximum Gasteiger partial charge on any atom is 0.274 e. The third-order valence-corrected chi connectivity index (χ3v) is 6.44. The monoisotopic (exact) mass is 568 g/mol. The van der Waals surface area contributed by atoms with E-state index in [0.717, 1.165) is 22.6 Å². The summed E-state index contributed by atoms with van der Waals surface area (Å²) in [5.41, 5.74) is 3.07. The van der Waals surface area contributed by atoms with E-state index >= 15 is 0 Å². The van der Waals surface area contributed by atoms with Crippen LogP contribution in [0.4, 0.5) is 0 Å². The van der Waals surface area contributed by atoms with Crippen molar-refractivity contribution in [2.45, 2.75) is 66.0 Å². The van der Waals surface area contributed by atoms with E-state index in [1.807, 2.05) is 62.0 Å². The van der Waals surface area contributed by atoms with Gasteiger partial charge in [0.25, 0.3) is 16.1 Å². The van der Waals surface area contributed by atoms with E-state index in [4.69, 9.17) is 14.9 Å². The van der Waals surface area contributed by atoms with Gasteiger partial charge >= 0.3 is 0 Å². The van der Waals surface area contributed by atoms with E-state index in [1.54, 1.807) is 12.1 Å². The fourth-order valence-electron chi connectivity index (χ4n) is 4.17. The minimum Gasteiger partial charge on any atom is -0.490 e. The Morgan fingerprint density at radius 2 is 1.82 bits per heavy atom. The van der Waals surface area contributed by atoms with E-state index in [1.165, 1.54) is 6.07 Å². The molecule has 1 atom stereocenters. The molecular weight excluding hydrogens is 528 g/mol. The van der Waals surface area contributed by atoms with Crippen molar-refractivity contribution in [1.29, 1.82) is 5.26 Å². The molecule has 0 spiro atoms. The number of nitrogens with two attached hydrogens (primary N) is 1. The minimum absolute atomic E-state index is 0. The number of carbonyl (C=O) groups is 1. The van der Waals surface area contributed by atoms with Crippen molar-refractivity contribution in [2.24, 2.45) is 12.2 Å². The smallest absolute Gasteiger partial charge is 0.274 e. The molecule has 3 rings (SSSR count). The Balaban J connectivity index is 0.00000560. The topological polar surface area (TPSA) is 152 Å². The molecule has 40 heavy (non-hydrogen) atoms. The lowest BCUT2D eigenvalue weighted by Gasteiger charge is -2.20. The number of hydrogen-bond acceptors (Lipinski definition) is 6. The van der Waals surface area contributed by atoms with E-state index in [0.29, 0.717) is 12.2 Å². The first-order valence-corrected chi connectivity index (χ1v) is 14.1. The van der Waals surface area contributed by atoms with Crippen molar-refractivity contribution in [3.8, 4) is 23.1 Å². The number of aromatic nitrogens is 2. The zero-order valence-corrected chi connectivity index (χ0v) is 24.0. The summed E-state index contributed by atoms with van der Waals surface area (Å²) in [6, 6.07) is 13.8. The fourth-order valence-corrected chi connectivity index (χ4v) is 4.61. The van der Waals surface area contributed by atoms with Crippen LogP contribution in [0.15, 0.2) is 48.7 Å². The molecule has 1 heterocycles. The Labute approximate surface area is 237 Å². The van der Waals surface area contributed by atoms with Gasteiger partial charge in [0.1, 0.15) is 17.6 Å². The van der Waals surface area contributed by atoms with Crippen LogP contribution in [-0.4, -0.2) is 42.6 Å². The number of hydrogen-bond donors (Lipinski definition) is 3. The number of benzene rings is 2. The number of nitrogens with zero attached hydrogens (tertiary/aromatic N) is 3. The zero-order valence-electron chi connectivity index (χ0n) is 23.1. The van der Waals surface area contributed by atoms with Gasteiger partial charge in [-0.3, -0.25) is 4.79 Å². The molecule has 2 aromatic carbocycles. The second-order valence-electron chi connectivity index (χ2n) is 10.8. The van der Waals surface area contributed by atoms with E-state index < -0.39 is 22.2 Å². The average Bonchev–Trinajstić information content (AvgIpc) is 3.24. The van der Waals surface area contributed by atoms with Crippen LogP contribution in [0.1, 0.15) is 69.4 Å². The van der Waals surface area contributed by atoms with Crippen LogP contribution >= 0.6 is 0 Å². The van der Waals surface area contributed by atoms with Gasteiger partial charge in [0.15, 0.2) is 0 Å². The Bertz CT molecular complexity index is 1470. The molecule has 11 heteroatoms. The summed E-state index contributed by atoms with van der Waals surface area (Å²) in [7, 11) is -1.99. The molecule has 0 saturated carbocycles. The molecule has 0 radical (unpaired) electrons. The summed E-state index contributed by atoms with van der Waals surface area (Å²) < 4.78 is 33.0. The van der Waals surface area contributed by atoms with Crippen LogP contribution in [0.2, 0.25) is 0 Å². The molecule has 10 nitrogen and oxygen atoms in total. The number of ether oxygens (including phenoxy) is 1. The van der Waals surface area contributed by atoms with Crippen molar-refractivity contribution in [3.63, 3.8) is 0 Å². The highest BCUT2D eigenvalue weighted by molar-refractivity contribution is 7.87. The highest BCUT2D eigenvalue weighted by Gasteiger charge is 2.21. The molecular formula is C29H40N6O4S. The molecule has 0 unspecified atom stereocenters. The number of amides is 1. The molecule has 4 N–H and O–H groups in total. The third-order valence-electron chi connectivity index (χ3n) is 5.87. The molecule has 0 fully saturated rings. The maximum atomic E-state index is 13.0. The first kappa shape index (κ1) is 32.5. The zero-order chi connectivity index (χ0) is 29.0. The van der Waals surface area contributed by atoms with Gasteiger partial charge in [-0.2, -0.15) is 13.7 Å². The summed E-state index contributed by atoms with van der Waals surface area (Å²) in [6.45, 7) is 9.92. The van der Waals surface area contributed by atoms with Gasteiger partial charge < -0.3 is 14.6 Å². The quantitative estimate of drug-likeness (QED) is 0.338. The number of imidazole rings is 1. The van der Waals surface area contributed by atoms with Crippen LogP contribution in [0.25, 0.3) is 11.3 Å². The molecule has 0 saturated heterocycles. The number of nitrogens with one attached hydrogen (secondary N) is 2. The second kappa shape index (κ2) is 13.1. The molecule has 1 aromatic heterocycles. The summed E-state index contributed by atoms with van der Waals surface area (Å²) in [5.74, 6) is 0.907. The Morgan fingerprint density at radius 3 is 2.35 bits per heavy atom. The summed E-state index contributed by atoms with van der Waals surface area (Å²) in [6.07, 6.45) is 2.20. The van der Waals surface area contributed by atoms with Gasteiger partial charge in [0.2, 0.25) is 0 Å². The predicted octanol–water partition coefficient (Wildman–Crippen LogP) is 3.81. The molecule has 0 bridgehead atoms.